The van der Waals surface area contributed by atoms with Gasteiger partial charge in [0.25, 0.3) is 0 Å². The summed E-state index contributed by atoms with van der Waals surface area (Å²) in [6.07, 6.45) is 0.410. The minimum atomic E-state index is -0.723. The van der Waals surface area contributed by atoms with Crippen LogP contribution in [0.15, 0.2) is 48.5 Å². The zero-order chi connectivity index (χ0) is 13.8. The van der Waals surface area contributed by atoms with Crippen molar-refractivity contribution in [3.05, 3.63) is 71.0 Å². The first kappa shape index (κ1) is 13.4. The van der Waals surface area contributed by atoms with Crippen LogP contribution < -0.4 is 5.73 Å². The van der Waals surface area contributed by atoms with Gasteiger partial charge in [0.2, 0.25) is 0 Å². The van der Waals surface area contributed by atoms with E-state index in [0.29, 0.717) is 6.42 Å². The van der Waals surface area contributed by atoms with E-state index in [9.17, 15) is 9.18 Å². The number of aryl methyl sites for hydroxylation is 1. The molecule has 0 aliphatic heterocycles. The Labute approximate surface area is 112 Å². The van der Waals surface area contributed by atoms with Gasteiger partial charge in [-0.05, 0) is 31.0 Å². The zero-order valence-electron chi connectivity index (χ0n) is 10.8. The molecule has 19 heavy (non-hydrogen) atoms. The molecule has 0 fully saturated rings. The van der Waals surface area contributed by atoms with Crippen LogP contribution in [0.2, 0.25) is 0 Å². The number of nitrogens with two attached hydrogens (primary N) is 1. The minimum Gasteiger partial charge on any atom is -0.321 e. The van der Waals surface area contributed by atoms with Crippen molar-refractivity contribution in [3.8, 4) is 0 Å². The molecule has 2 N–H and O–H groups in total. The molecule has 0 radical (unpaired) electrons. The molecule has 0 bridgehead atoms. The Kier molecular flexibility index (Phi) is 4.07. The summed E-state index contributed by atoms with van der Waals surface area (Å²) in [5.74, 6) is -0.871. The number of rotatable bonds is 4. The second-order valence-electron chi connectivity index (χ2n) is 4.64. The zero-order valence-corrected chi connectivity index (χ0v) is 10.8. The molecule has 3 heteroatoms. The number of halogens is 1. The highest BCUT2D eigenvalue weighted by Crippen LogP contribution is 2.13. The second kappa shape index (κ2) is 5.76. The lowest BCUT2D eigenvalue weighted by atomic mass is 9.97. The summed E-state index contributed by atoms with van der Waals surface area (Å²) < 4.78 is 13.6. The lowest BCUT2D eigenvalue weighted by molar-refractivity contribution is 0.0957. The number of Topliss-reactive ketones (excluding diaryl/α,β-unsaturated/α-hetero) is 1. The van der Waals surface area contributed by atoms with E-state index in [2.05, 4.69) is 0 Å². The summed E-state index contributed by atoms with van der Waals surface area (Å²) >= 11 is 0. The summed E-state index contributed by atoms with van der Waals surface area (Å²) in [6, 6.07) is 13.2. The van der Waals surface area contributed by atoms with Crippen LogP contribution >= 0.6 is 0 Å². The molecule has 0 spiro atoms. The van der Waals surface area contributed by atoms with Gasteiger partial charge < -0.3 is 5.73 Å². The highest BCUT2D eigenvalue weighted by atomic mass is 19.1. The molecular weight excluding hydrogens is 241 g/mol. The molecule has 0 saturated heterocycles. The molecular formula is C16H16FNO. The van der Waals surface area contributed by atoms with Gasteiger partial charge in [0.05, 0.1) is 11.6 Å². The number of hydrogen-bond acceptors (Lipinski definition) is 2. The van der Waals surface area contributed by atoms with Crippen LogP contribution in [-0.2, 0) is 6.42 Å². The fourth-order valence-electron chi connectivity index (χ4n) is 1.99. The second-order valence-corrected chi connectivity index (χ2v) is 4.64. The standard InChI is InChI=1S/C16H16FNO/c1-11-7-8-14(17)13(9-11)16(19)15(18)10-12-5-3-2-4-6-12/h2-9,15H,10,18H2,1H3. The Morgan fingerprint density at radius 2 is 1.89 bits per heavy atom. The van der Waals surface area contributed by atoms with Gasteiger partial charge in [-0.3, -0.25) is 4.79 Å². The summed E-state index contributed by atoms with van der Waals surface area (Å²) in [6.45, 7) is 1.82. The average molecular weight is 257 g/mol. The Bertz CT molecular complexity index is 581. The maximum Gasteiger partial charge on any atom is 0.182 e. The Hall–Kier alpha value is -2.00. The summed E-state index contributed by atoms with van der Waals surface area (Å²) in [5.41, 5.74) is 7.77. The Balaban J connectivity index is 2.17. The van der Waals surface area contributed by atoms with Crippen LogP contribution in [0.25, 0.3) is 0 Å². The highest BCUT2D eigenvalue weighted by Gasteiger charge is 2.19. The third-order valence-electron chi connectivity index (χ3n) is 3.02. The van der Waals surface area contributed by atoms with Crippen molar-refractivity contribution >= 4 is 5.78 Å². The summed E-state index contributed by atoms with van der Waals surface area (Å²) in [4.78, 5) is 12.2. The first-order valence-electron chi connectivity index (χ1n) is 6.18. The quantitative estimate of drug-likeness (QED) is 0.856. The van der Waals surface area contributed by atoms with Gasteiger partial charge >= 0.3 is 0 Å². The van der Waals surface area contributed by atoms with Gasteiger partial charge in [-0.25, -0.2) is 4.39 Å². The normalized spacial score (nSPS) is 12.2. The third kappa shape index (κ3) is 3.26. The van der Waals surface area contributed by atoms with Gasteiger partial charge in [0.1, 0.15) is 5.82 Å². The van der Waals surface area contributed by atoms with E-state index in [4.69, 9.17) is 5.73 Å². The number of carbonyl (C=O) groups excluding carboxylic acids is 1. The molecule has 2 aromatic carbocycles. The molecule has 2 nitrogen and oxygen atoms in total. The summed E-state index contributed by atoms with van der Waals surface area (Å²) in [7, 11) is 0. The van der Waals surface area contributed by atoms with E-state index in [0.717, 1.165) is 11.1 Å². The molecule has 0 heterocycles. The van der Waals surface area contributed by atoms with E-state index in [-0.39, 0.29) is 11.3 Å². The van der Waals surface area contributed by atoms with E-state index >= 15 is 0 Å². The first-order chi connectivity index (χ1) is 9.08. The van der Waals surface area contributed by atoms with Crippen molar-refractivity contribution in [2.24, 2.45) is 5.73 Å². The SMILES string of the molecule is Cc1ccc(F)c(C(=O)C(N)Cc2ccccc2)c1. The number of hydrogen-bond donors (Lipinski definition) is 1. The fourth-order valence-corrected chi connectivity index (χ4v) is 1.99. The van der Waals surface area contributed by atoms with Gasteiger partial charge in [0.15, 0.2) is 5.78 Å². The van der Waals surface area contributed by atoms with Gasteiger partial charge in [-0.15, -0.1) is 0 Å². The molecule has 0 aliphatic carbocycles. The van der Waals surface area contributed by atoms with Gasteiger partial charge in [-0.1, -0.05) is 42.0 Å². The highest BCUT2D eigenvalue weighted by molar-refractivity contribution is 6.00. The van der Waals surface area contributed by atoms with E-state index in [1.54, 1.807) is 12.1 Å². The fraction of sp³-hybridized carbons (Fsp3) is 0.188. The average Bonchev–Trinajstić information content (AvgIpc) is 2.42. The molecule has 0 aromatic heterocycles. The van der Waals surface area contributed by atoms with Crippen molar-refractivity contribution in [3.63, 3.8) is 0 Å². The van der Waals surface area contributed by atoms with Crippen LogP contribution in [0.5, 0.6) is 0 Å². The first-order valence-corrected chi connectivity index (χ1v) is 6.18. The Morgan fingerprint density at radius 1 is 1.21 bits per heavy atom. The number of carbonyl (C=O) groups is 1. The maximum absolute atomic E-state index is 13.6. The minimum absolute atomic E-state index is 0.0726. The molecule has 98 valence electrons. The van der Waals surface area contributed by atoms with Crippen molar-refractivity contribution in [1.29, 1.82) is 0 Å². The van der Waals surface area contributed by atoms with Crippen LogP contribution in [-0.4, -0.2) is 11.8 Å². The molecule has 2 aromatic rings. The molecule has 0 aliphatic rings. The van der Waals surface area contributed by atoms with Crippen LogP contribution in [0.4, 0.5) is 4.39 Å². The van der Waals surface area contributed by atoms with E-state index < -0.39 is 11.9 Å². The van der Waals surface area contributed by atoms with Crippen molar-refractivity contribution < 1.29 is 9.18 Å². The lowest BCUT2D eigenvalue weighted by Crippen LogP contribution is -2.33. The molecule has 0 amide bonds. The number of ketones is 1. The predicted octanol–water partition coefficient (Wildman–Crippen LogP) is 2.89. The smallest absolute Gasteiger partial charge is 0.182 e. The van der Waals surface area contributed by atoms with E-state index in [1.807, 2.05) is 37.3 Å². The third-order valence-corrected chi connectivity index (χ3v) is 3.02. The molecule has 1 unspecified atom stereocenters. The van der Waals surface area contributed by atoms with Crippen LogP contribution in [0, 0.1) is 12.7 Å². The number of benzene rings is 2. The largest absolute Gasteiger partial charge is 0.321 e. The van der Waals surface area contributed by atoms with Crippen molar-refractivity contribution in [2.75, 3.05) is 0 Å². The van der Waals surface area contributed by atoms with Crippen molar-refractivity contribution in [2.45, 2.75) is 19.4 Å². The van der Waals surface area contributed by atoms with Crippen molar-refractivity contribution in [1.82, 2.24) is 0 Å². The lowest BCUT2D eigenvalue weighted by Gasteiger charge is -2.12. The monoisotopic (exact) mass is 257 g/mol. The Morgan fingerprint density at radius 3 is 2.58 bits per heavy atom. The van der Waals surface area contributed by atoms with Gasteiger partial charge in [-0.2, -0.15) is 0 Å². The van der Waals surface area contributed by atoms with E-state index in [1.165, 1.54) is 6.07 Å². The topological polar surface area (TPSA) is 43.1 Å². The molecule has 0 saturated carbocycles. The predicted molar refractivity (Wildman–Crippen MR) is 73.6 cm³/mol. The molecule has 1 atom stereocenters. The van der Waals surface area contributed by atoms with Crippen LogP contribution in [0.3, 0.4) is 0 Å². The maximum atomic E-state index is 13.6. The molecule has 2 rings (SSSR count). The summed E-state index contributed by atoms with van der Waals surface area (Å²) in [5, 5.41) is 0. The van der Waals surface area contributed by atoms with Crippen LogP contribution in [0.1, 0.15) is 21.5 Å². The van der Waals surface area contributed by atoms with Gasteiger partial charge in [0, 0.05) is 0 Å².